The fourth-order valence-electron chi connectivity index (χ4n) is 2.10. The molecule has 1 unspecified atom stereocenters. The summed E-state index contributed by atoms with van der Waals surface area (Å²) in [5.41, 5.74) is 0.669. The number of sulfonamides is 1. The summed E-state index contributed by atoms with van der Waals surface area (Å²) in [6.07, 6.45) is 2.48. The topological polar surface area (TPSA) is 59.5 Å². The number of hydrogen-bond acceptors (Lipinski definition) is 5. The van der Waals surface area contributed by atoms with Gasteiger partial charge in [0, 0.05) is 25.2 Å². The maximum absolute atomic E-state index is 12.8. The Morgan fingerprint density at radius 3 is 2.64 bits per heavy atom. The van der Waals surface area contributed by atoms with E-state index in [0.29, 0.717) is 9.90 Å². The Morgan fingerprint density at radius 1 is 1.32 bits per heavy atom. The Kier molecular flexibility index (Phi) is 5.69. The Hall–Kier alpha value is -1.28. The molecule has 0 aliphatic heterocycles. The number of rotatable bonds is 7. The lowest BCUT2D eigenvalue weighted by Crippen LogP contribution is -2.33. The predicted octanol–water partition coefficient (Wildman–Crippen LogP) is 2.71. The number of thiophene rings is 1. The van der Waals surface area contributed by atoms with Gasteiger partial charge in [-0.15, -0.1) is 11.3 Å². The summed E-state index contributed by atoms with van der Waals surface area (Å²) < 4.78 is 32.5. The van der Waals surface area contributed by atoms with Gasteiger partial charge >= 0.3 is 0 Å². The first-order valence-electron chi connectivity index (χ1n) is 6.97. The Balaban J connectivity index is 2.35. The quantitative estimate of drug-likeness (QED) is 0.777. The average Bonchev–Trinajstić information content (AvgIpc) is 3.02. The van der Waals surface area contributed by atoms with Gasteiger partial charge in [0.2, 0.25) is 0 Å². The van der Waals surface area contributed by atoms with Gasteiger partial charge in [-0.3, -0.25) is 4.98 Å². The summed E-state index contributed by atoms with van der Waals surface area (Å²) in [6.45, 7) is 2.26. The maximum atomic E-state index is 12.8. The highest BCUT2D eigenvalue weighted by molar-refractivity contribution is 7.91. The van der Waals surface area contributed by atoms with Crippen LogP contribution in [0.3, 0.4) is 0 Å². The van der Waals surface area contributed by atoms with Crippen LogP contribution >= 0.6 is 11.3 Å². The molecule has 0 saturated heterocycles. The Labute approximate surface area is 135 Å². The van der Waals surface area contributed by atoms with Crippen LogP contribution in [0.4, 0.5) is 0 Å². The molecular formula is C15H20N2O3S2. The zero-order chi connectivity index (χ0) is 16.2. The molecule has 0 saturated carbocycles. The minimum Gasteiger partial charge on any atom is -0.383 e. The molecule has 2 heterocycles. The monoisotopic (exact) mass is 340 g/mol. The molecular weight excluding hydrogens is 320 g/mol. The van der Waals surface area contributed by atoms with Crippen molar-refractivity contribution in [3.05, 3.63) is 47.1 Å². The fourth-order valence-corrected chi connectivity index (χ4v) is 4.90. The van der Waals surface area contributed by atoms with Gasteiger partial charge in [0.25, 0.3) is 10.0 Å². The normalized spacial score (nSPS) is 13.5. The summed E-state index contributed by atoms with van der Waals surface area (Å²) in [4.78, 5) is 5.31. The number of aromatic nitrogens is 1. The predicted molar refractivity (Wildman–Crippen MR) is 87.5 cm³/mol. The van der Waals surface area contributed by atoms with Crippen molar-refractivity contribution in [3.8, 4) is 0 Å². The lowest BCUT2D eigenvalue weighted by atomic mass is 10.2. The molecule has 0 radical (unpaired) electrons. The highest BCUT2D eigenvalue weighted by atomic mass is 32.2. The zero-order valence-corrected chi connectivity index (χ0v) is 14.5. The van der Waals surface area contributed by atoms with Crippen molar-refractivity contribution in [2.75, 3.05) is 20.8 Å². The molecule has 120 valence electrons. The van der Waals surface area contributed by atoms with Crippen molar-refractivity contribution in [1.82, 2.24) is 9.29 Å². The van der Waals surface area contributed by atoms with Crippen molar-refractivity contribution in [2.45, 2.75) is 23.6 Å². The van der Waals surface area contributed by atoms with Crippen molar-refractivity contribution >= 4 is 21.4 Å². The molecule has 7 heteroatoms. The first kappa shape index (κ1) is 17.1. The molecule has 0 aromatic carbocycles. The van der Waals surface area contributed by atoms with Crippen molar-refractivity contribution < 1.29 is 13.2 Å². The second-order valence-corrected chi connectivity index (χ2v) is 8.21. The third kappa shape index (κ3) is 3.55. The summed E-state index contributed by atoms with van der Waals surface area (Å²) in [5, 5.41) is 0. The van der Waals surface area contributed by atoms with E-state index in [0.717, 1.165) is 11.3 Å². The molecule has 0 amide bonds. The third-order valence-corrected chi connectivity index (χ3v) is 6.97. The Bertz CT molecular complexity index is 699. The van der Waals surface area contributed by atoms with Crippen LogP contribution < -0.4 is 0 Å². The lowest BCUT2D eigenvalue weighted by Gasteiger charge is -2.25. The number of aryl methyl sites for hydroxylation is 1. The van der Waals surface area contributed by atoms with Crippen LogP contribution in [0.25, 0.3) is 0 Å². The van der Waals surface area contributed by atoms with E-state index in [2.05, 4.69) is 4.98 Å². The largest absolute Gasteiger partial charge is 0.383 e. The van der Waals surface area contributed by atoms with E-state index in [1.807, 2.05) is 25.1 Å². The second-order valence-electron chi connectivity index (χ2n) is 4.82. The standard InChI is InChI=1S/C15H20N2O3S2/c1-4-12-8-9-15(21-12)22(18,19)17(2)14(11-20-3)13-7-5-6-10-16-13/h5-10,14H,4,11H2,1-3H3. The molecule has 0 spiro atoms. The molecule has 22 heavy (non-hydrogen) atoms. The van der Waals surface area contributed by atoms with E-state index in [1.54, 1.807) is 32.5 Å². The molecule has 0 bridgehead atoms. The van der Waals surface area contributed by atoms with E-state index >= 15 is 0 Å². The van der Waals surface area contributed by atoms with Gasteiger partial charge in [-0.25, -0.2) is 8.42 Å². The smallest absolute Gasteiger partial charge is 0.252 e. The SMILES string of the molecule is CCc1ccc(S(=O)(=O)N(C)C(COC)c2ccccn2)s1. The summed E-state index contributed by atoms with van der Waals surface area (Å²) in [6, 6.07) is 8.51. The van der Waals surface area contributed by atoms with Crippen LogP contribution in [-0.2, 0) is 21.2 Å². The van der Waals surface area contributed by atoms with Gasteiger partial charge in [-0.05, 0) is 30.7 Å². The van der Waals surface area contributed by atoms with E-state index in [-0.39, 0.29) is 6.61 Å². The highest BCUT2D eigenvalue weighted by Gasteiger charge is 2.31. The van der Waals surface area contributed by atoms with Gasteiger partial charge in [0.15, 0.2) is 0 Å². The second kappa shape index (κ2) is 7.32. The number of pyridine rings is 1. The molecule has 2 rings (SSSR count). The summed E-state index contributed by atoms with van der Waals surface area (Å²) in [5.74, 6) is 0. The number of methoxy groups -OCH3 is 1. The summed E-state index contributed by atoms with van der Waals surface area (Å²) >= 11 is 1.31. The zero-order valence-electron chi connectivity index (χ0n) is 12.9. The average molecular weight is 340 g/mol. The first-order valence-corrected chi connectivity index (χ1v) is 9.23. The molecule has 0 aliphatic carbocycles. The highest BCUT2D eigenvalue weighted by Crippen LogP contribution is 2.29. The molecule has 0 aliphatic rings. The van der Waals surface area contributed by atoms with Crippen LogP contribution in [0.2, 0.25) is 0 Å². The molecule has 0 fully saturated rings. The fraction of sp³-hybridized carbons (Fsp3) is 0.400. The molecule has 2 aromatic heterocycles. The third-order valence-electron chi connectivity index (χ3n) is 3.41. The van der Waals surface area contributed by atoms with E-state index in [1.165, 1.54) is 15.6 Å². The van der Waals surface area contributed by atoms with E-state index in [4.69, 9.17) is 4.74 Å². The Morgan fingerprint density at radius 2 is 2.09 bits per heavy atom. The first-order chi connectivity index (χ1) is 10.5. The van der Waals surface area contributed by atoms with Gasteiger partial charge < -0.3 is 4.74 Å². The minimum atomic E-state index is -3.57. The van der Waals surface area contributed by atoms with Crippen LogP contribution in [0.5, 0.6) is 0 Å². The van der Waals surface area contributed by atoms with Crippen LogP contribution in [0.15, 0.2) is 40.7 Å². The van der Waals surface area contributed by atoms with Gasteiger partial charge in [0.05, 0.1) is 18.3 Å². The van der Waals surface area contributed by atoms with Gasteiger partial charge in [-0.1, -0.05) is 13.0 Å². The minimum absolute atomic E-state index is 0.249. The van der Waals surface area contributed by atoms with Gasteiger partial charge in [-0.2, -0.15) is 4.31 Å². The van der Waals surface area contributed by atoms with E-state index < -0.39 is 16.1 Å². The number of nitrogens with zero attached hydrogens (tertiary/aromatic N) is 2. The number of ether oxygens (including phenoxy) is 1. The molecule has 2 aromatic rings. The van der Waals surface area contributed by atoms with Crippen LogP contribution in [0, 0.1) is 0 Å². The van der Waals surface area contributed by atoms with Crippen LogP contribution in [0.1, 0.15) is 23.5 Å². The molecule has 5 nitrogen and oxygen atoms in total. The molecule has 0 N–H and O–H groups in total. The molecule has 1 atom stereocenters. The lowest BCUT2D eigenvalue weighted by molar-refractivity contribution is 0.140. The summed E-state index contributed by atoms with van der Waals surface area (Å²) in [7, 11) is -0.445. The maximum Gasteiger partial charge on any atom is 0.252 e. The van der Waals surface area contributed by atoms with Crippen molar-refractivity contribution in [1.29, 1.82) is 0 Å². The number of hydrogen-bond donors (Lipinski definition) is 0. The van der Waals surface area contributed by atoms with Crippen molar-refractivity contribution in [3.63, 3.8) is 0 Å². The van der Waals surface area contributed by atoms with Gasteiger partial charge in [0.1, 0.15) is 4.21 Å². The number of likely N-dealkylation sites (N-methyl/N-ethyl adjacent to an activating group) is 1. The van der Waals surface area contributed by atoms with Crippen LogP contribution in [-0.4, -0.2) is 38.5 Å². The van der Waals surface area contributed by atoms with Crippen molar-refractivity contribution in [2.24, 2.45) is 0 Å². The van der Waals surface area contributed by atoms with E-state index in [9.17, 15) is 8.42 Å².